The van der Waals surface area contributed by atoms with Gasteiger partial charge in [-0.15, -0.1) is 5.10 Å². The van der Waals surface area contributed by atoms with Gasteiger partial charge in [-0.1, -0.05) is 17.3 Å². The molecule has 1 aliphatic heterocycles. The third kappa shape index (κ3) is 2.70. The first-order chi connectivity index (χ1) is 11.5. The summed E-state index contributed by atoms with van der Waals surface area (Å²) in [7, 11) is 0. The highest BCUT2D eigenvalue weighted by Gasteiger charge is 2.40. The molecule has 126 valence electrons. The first kappa shape index (κ1) is 15.3. The zero-order valence-corrected chi connectivity index (χ0v) is 13.9. The first-order valence-electron chi connectivity index (χ1n) is 8.25. The zero-order chi connectivity index (χ0) is 16.7. The Bertz CT molecular complexity index is 822. The van der Waals surface area contributed by atoms with Crippen LogP contribution in [0.15, 0.2) is 34.9 Å². The fraction of sp³-hybridized carbons (Fsp3) is 0.471. The van der Waals surface area contributed by atoms with E-state index in [0.29, 0.717) is 31.1 Å². The van der Waals surface area contributed by atoms with Crippen LogP contribution in [0.3, 0.4) is 0 Å². The van der Waals surface area contributed by atoms with Crippen LogP contribution in [0.4, 0.5) is 0 Å². The summed E-state index contributed by atoms with van der Waals surface area (Å²) in [6, 6.07) is 7.96. The topological polar surface area (TPSA) is 80.2 Å². The summed E-state index contributed by atoms with van der Waals surface area (Å²) >= 11 is 0. The molecule has 3 heterocycles. The minimum absolute atomic E-state index is 0.229. The van der Waals surface area contributed by atoms with Crippen LogP contribution in [-0.4, -0.2) is 43.1 Å². The lowest BCUT2D eigenvalue weighted by Gasteiger charge is -2.20. The molecule has 1 aliphatic rings. The van der Waals surface area contributed by atoms with Crippen molar-refractivity contribution in [1.29, 1.82) is 0 Å². The molecule has 0 amide bonds. The molecular formula is C17H21N5O2. The van der Waals surface area contributed by atoms with E-state index in [-0.39, 0.29) is 6.04 Å². The Balaban J connectivity index is 1.48. The first-order valence-corrected chi connectivity index (χ1v) is 8.25. The average Bonchev–Trinajstić information content (AvgIpc) is 3.25. The van der Waals surface area contributed by atoms with E-state index >= 15 is 0 Å². The van der Waals surface area contributed by atoms with E-state index in [9.17, 15) is 5.11 Å². The Hall–Kier alpha value is -2.25. The summed E-state index contributed by atoms with van der Waals surface area (Å²) in [4.78, 5) is 6.64. The van der Waals surface area contributed by atoms with Crippen molar-refractivity contribution in [2.24, 2.45) is 0 Å². The maximum atomic E-state index is 10.9. The Kier molecular flexibility index (Phi) is 3.62. The van der Waals surface area contributed by atoms with Gasteiger partial charge in [-0.3, -0.25) is 4.90 Å². The van der Waals surface area contributed by atoms with Crippen molar-refractivity contribution in [2.75, 3.05) is 13.1 Å². The fourth-order valence-corrected chi connectivity index (χ4v) is 3.14. The van der Waals surface area contributed by atoms with E-state index < -0.39 is 5.60 Å². The van der Waals surface area contributed by atoms with E-state index in [1.165, 1.54) is 0 Å². The number of nitrogens with zero attached hydrogens (tertiary/aromatic N) is 5. The Morgan fingerprint density at radius 2 is 2.17 bits per heavy atom. The minimum atomic E-state index is -0.959. The summed E-state index contributed by atoms with van der Waals surface area (Å²) in [6.07, 6.45) is 2.47. The van der Waals surface area contributed by atoms with E-state index in [0.717, 1.165) is 17.6 Å². The monoisotopic (exact) mass is 327 g/mol. The summed E-state index contributed by atoms with van der Waals surface area (Å²) in [6.45, 7) is 5.93. The smallest absolute Gasteiger partial charge is 0.209 e. The van der Waals surface area contributed by atoms with Gasteiger partial charge in [0.25, 0.3) is 0 Å². The van der Waals surface area contributed by atoms with Crippen molar-refractivity contribution in [2.45, 2.75) is 38.5 Å². The highest BCUT2D eigenvalue weighted by atomic mass is 16.3. The molecular weight excluding hydrogens is 306 g/mol. The third-order valence-electron chi connectivity index (χ3n) is 4.54. The second kappa shape index (κ2) is 5.68. The number of para-hydroxylation sites is 2. The molecule has 1 aromatic carbocycles. The zero-order valence-electron chi connectivity index (χ0n) is 13.9. The number of β-amino-alcohol motifs (C(OH)–C–C–N with tert-alkyl or cyclic N) is 1. The molecule has 1 atom stereocenters. The number of likely N-dealkylation sites (tertiary alicyclic amines) is 1. The minimum Gasteiger partial charge on any atom is -0.439 e. The summed E-state index contributed by atoms with van der Waals surface area (Å²) in [5.41, 5.74) is 1.33. The van der Waals surface area contributed by atoms with Gasteiger partial charge in [-0.25, -0.2) is 9.67 Å². The molecule has 2 aromatic heterocycles. The Morgan fingerprint density at radius 1 is 1.33 bits per heavy atom. The van der Waals surface area contributed by atoms with Gasteiger partial charge in [0.2, 0.25) is 5.89 Å². The van der Waals surface area contributed by atoms with E-state index in [1.54, 1.807) is 4.68 Å². The second-order valence-corrected chi connectivity index (χ2v) is 6.75. The number of fused-ring (bicyclic) bond motifs is 1. The van der Waals surface area contributed by atoms with Gasteiger partial charge in [-0.05, 0) is 32.4 Å². The quantitative estimate of drug-likeness (QED) is 0.790. The van der Waals surface area contributed by atoms with Gasteiger partial charge >= 0.3 is 0 Å². The molecule has 4 rings (SSSR count). The van der Waals surface area contributed by atoms with Crippen LogP contribution in [0, 0.1) is 0 Å². The molecule has 24 heavy (non-hydrogen) atoms. The van der Waals surface area contributed by atoms with Crippen molar-refractivity contribution in [3.63, 3.8) is 0 Å². The maximum Gasteiger partial charge on any atom is 0.209 e. The molecule has 0 radical (unpaired) electrons. The maximum absolute atomic E-state index is 10.9. The lowest BCUT2D eigenvalue weighted by Crippen LogP contribution is -2.31. The SMILES string of the molecule is CC(C)n1cc(C2(O)CCN(Cc3nc4ccccc4o3)C2)nn1. The molecule has 0 spiro atoms. The number of benzene rings is 1. The number of aliphatic hydroxyl groups is 1. The van der Waals surface area contributed by atoms with E-state index in [2.05, 4.69) is 20.2 Å². The van der Waals surface area contributed by atoms with Gasteiger partial charge in [0.1, 0.15) is 16.8 Å². The van der Waals surface area contributed by atoms with Gasteiger partial charge < -0.3 is 9.52 Å². The molecule has 0 saturated carbocycles. The third-order valence-corrected chi connectivity index (χ3v) is 4.54. The number of aromatic nitrogens is 4. The fourth-order valence-electron chi connectivity index (χ4n) is 3.14. The Morgan fingerprint density at radius 3 is 2.92 bits per heavy atom. The normalized spacial score (nSPS) is 22.0. The van der Waals surface area contributed by atoms with Crippen molar-refractivity contribution < 1.29 is 9.52 Å². The Labute approximate surface area is 139 Å². The van der Waals surface area contributed by atoms with Crippen LogP contribution in [0.2, 0.25) is 0 Å². The van der Waals surface area contributed by atoms with E-state index in [1.807, 2.05) is 44.3 Å². The molecule has 7 nitrogen and oxygen atoms in total. The van der Waals surface area contributed by atoms with Crippen LogP contribution in [0.25, 0.3) is 11.1 Å². The number of rotatable bonds is 4. The highest BCUT2D eigenvalue weighted by molar-refractivity contribution is 5.72. The van der Waals surface area contributed by atoms with Crippen molar-refractivity contribution in [3.8, 4) is 0 Å². The summed E-state index contributed by atoms with van der Waals surface area (Å²) in [5, 5.41) is 19.2. The number of hydrogen-bond acceptors (Lipinski definition) is 6. The molecule has 0 aliphatic carbocycles. The standard InChI is InChI=1S/C17H21N5O2/c1-12(2)22-9-15(19-20-22)17(23)7-8-21(11-17)10-16-18-13-5-3-4-6-14(13)24-16/h3-6,9,12,23H,7-8,10-11H2,1-2H3. The predicted molar refractivity (Wildman–Crippen MR) is 88.2 cm³/mol. The lowest BCUT2D eigenvalue weighted by atomic mass is 10.00. The van der Waals surface area contributed by atoms with Crippen LogP contribution in [0.5, 0.6) is 0 Å². The largest absolute Gasteiger partial charge is 0.439 e. The summed E-state index contributed by atoms with van der Waals surface area (Å²) < 4.78 is 7.55. The van der Waals surface area contributed by atoms with Crippen LogP contribution < -0.4 is 0 Å². The van der Waals surface area contributed by atoms with Crippen molar-refractivity contribution in [3.05, 3.63) is 42.0 Å². The van der Waals surface area contributed by atoms with Crippen molar-refractivity contribution >= 4 is 11.1 Å². The van der Waals surface area contributed by atoms with Crippen molar-refractivity contribution in [1.82, 2.24) is 24.9 Å². The van der Waals surface area contributed by atoms with Crippen LogP contribution >= 0.6 is 0 Å². The molecule has 0 bridgehead atoms. The van der Waals surface area contributed by atoms with Crippen LogP contribution in [0.1, 0.15) is 37.9 Å². The highest BCUT2D eigenvalue weighted by Crippen LogP contribution is 2.31. The van der Waals surface area contributed by atoms with Gasteiger partial charge in [0, 0.05) is 19.1 Å². The molecule has 3 aromatic rings. The summed E-state index contributed by atoms with van der Waals surface area (Å²) in [5.74, 6) is 0.672. The molecule has 7 heteroatoms. The van der Waals surface area contributed by atoms with Gasteiger partial charge in [-0.2, -0.15) is 0 Å². The molecule has 1 saturated heterocycles. The predicted octanol–water partition coefficient (Wildman–Crippen LogP) is 2.09. The molecule has 1 fully saturated rings. The average molecular weight is 327 g/mol. The van der Waals surface area contributed by atoms with Crippen LogP contribution in [-0.2, 0) is 12.1 Å². The molecule has 1 unspecified atom stereocenters. The van der Waals surface area contributed by atoms with Gasteiger partial charge in [0.05, 0.1) is 12.7 Å². The molecule has 1 N–H and O–H groups in total. The lowest BCUT2D eigenvalue weighted by molar-refractivity contribution is 0.0400. The number of hydrogen-bond donors (Lipinski definition) is 1. The van der Waals surface area contributed by atoms with Gasteiger partial charge in [0.15, 0.2) is 5.58 Å². The van der Waals surface area contributed by atoms with E-state index in [4.69, 9.17) is 4.42 Å². The number of oxazole rings is 1. The second-order valence-electron chi connectivity index (χ2n) is 6.75.